The third-order valence-electron chi connectivity index (χ3n) is 3.98. The van der Waals surface area contributed by atoms with Gasteiger partial charge >= 0.3 is 11.9 Å². The summed E-state index contributed by atoms with van der Waals surface area (Å²) in [5, 5.41) is 9.78. The van der Waals surface area contributed by atoms with Gasteiger partial charge in [-0.25, -0.2) is 8.78 Å². The summed E-state index contributed by atoms with van der Waals surface area (Å²) < 4.78 is 33.0. The number of carboxylic acid groups (broad SMARTS) is 1. The van der Waals surface area contributed by atoms with Crippen molar-refractivity contribution in [2.45, 2.75) is 19.8 Å². The Labute approximate surface area is 144 Å². The van der Waals surface area contributed by atoms with Crippen molar-refractivity contribution < 1.29 is 28.2 Å². The number of hydrogen-bond donors (Lipinski definition) is 1. The summed E-state index contributed by atoms with van der Waals surface area (Å²) in [5.41, 5.74) is -2.02. The summed E-state index contributed by atoms with van der Waals surface area (Å²) in [6.45, 7) is 1.50. The molecule has 0 radical (unpaired) electrons. The van der Waals surface area contributed by atoms with Gasteiger partial charge in [-0.1, -0.05) is 36.4 Å². The molecule has 0 bridgehead atoms. The summed E-state index contributed by atoms with van der Waals surface area (Å²) in [5.74, 6) is -3.77. The Kier molecular flexibility index (Phi) is 5.85. The van der Waals surface area contributed by atoms with Crippen molar-refractivity contribution in [3.05, 3.63) is 71.3 Å². The Morgan fingerprint density at radius 3 is 1.76 bits per heavy atom. The molecule has 2 aromatic rings. The van der Waals surface area contributed by atoms with Crippen LogP contribution >= 0.6 is 0 Å². The van der Waals surface area contributed by atoms with Crippen LogP contribution in [0, 0.1) is 17.0 Å². The van der Waals surface area contributed by atoms with Gasteiger partial charge < -0.3 is 9.84 Å². The third kappa shape index (κ3) is 4.02. The fraction of sp³-hybridized carbons (Fsp3) is 0.263. The van der Waals surface area contributed by atoms with E-state index < -0.39 is 41.8 Å². The van der Waals surface area contributed by atoms with E-state index >= 15 is 0 Å². The standard InChI is InChI=1S/C19H18F2O4/c1-2-25-18(24)19(17(22)23,11-13-7-3-5-9-15(13)20)12-14-8-4-6-10-16(14)21/h3-10H,2,11-12H2,1H3,(H,22,23). The number of hydrogen-bond acceptors (Lipinski definition) is 3. The van der Waals surface area contributed by atoms with Crippen molar-refractivity contribution in [1.82, 2.24) is 0 Å². The molecule has 0 spiro atoms. The summed E-state index contributed by atoms with van der Waals surface area (Å²) in [6, 6.07) is 11.1. The molecule has 0 unspecified atom stereocenters. The van der Waals surface area contributed by atoms with Gasteiger partial charge in [0.25, 0.3) is 0 Å². The second kappa shape index (κ2) is 7.88. The average Bonchev–Trinajstić information content (AvgIpc) is 2.58. The van der Waals surface area contributed by atoms with Crippen molar-refractivity contribution in [2.24, 2.45) is 5.41 Å². The van der Waals surface area contributed by atoms with Crippen LogP contribution in [0.4, 0.5) is 8.78 Å². The topological polar surface area (TPSA) is 63.6 Å². The number of rotatable bonds is 7. The van der Waals surface area contributed by atoms with Crippen molar-refractivity contribution >= 4 is 11.9 Å². The molecule has 25 heavy (non-hydrogen) atoms. The molecule has 0 amide bonds. The maximum atomic E-state index is 14.0. The highest BCUT2D eigenvalue weighted by molar-refractivity contribution is 5.99. The first kappa shape index (κ1) is 18.6. The van der Waals surface area contributed by atoms with Crippen molar-refractivity contribution in [2.75, 3.05) is 6.61 Å². The Balaban J connectivity index is 2.52. The van der Waals surface area contributed by atoms with Crippen LogP contribution in [0.15, 0.2) is 48.5 Å². The molecule has 2 rings (SSSR count). The van der Waals surface area contributed by atoms with Crippen LogP contribution in [0.2, 0.25) is 0 Å². The smallest absolute Gasteiger partial charge is 0.324 e. The Bertz CT molecular complexity index is 726. The largest absolute Gasteiger partial charge is 0.480 e. The molecule has 0 aromatic heterocycles. The van der Waals surface area contributed by atoms with E-state index in [1.54, 1.807) is 12.1 Å². The number of aliphatic carboxylic acids is 1. The highest BCUT2D eigenvalue weighted by atomic mass is 19.1. The lowest BCUT2D eigenvalue weighted by molar-refractivity contribution is -0.168. The fourth-order valence-corrected chi connectivity index (χ4v) is 2.65. The molecule has 0 saturated carbocycles. The predicted octanol–water partition coefficient (Wildman–Crippen LogP) is 3.38. The van der Waals surface area contributed by atoms with Crippen LogP contribution in [-0.2, 0) is 27.2 Å². The zero-order valence-corrected chi connectivity index (χ0v) is 13.7. The van der Waals surface area contributed by atoms with Gasteiger partial charge in [0.15, 0.2) is 5.41 Å². The summed E-state index contributed by atoms with van der Waals surface area (Å²) in [6.07, 6.45) is -0.885. The highest BCUT2D eigenvalue weighted by Gasteiger charge is 2.48. The lowest BCUT2D eigenvalue weighted by atomic mass is 9.76. The van der Waals surface area contributed by atoms with Gasteiger partial charge in [0.2, 0.25) is 0 Å². The van der Waals surface area contributed by atoms with Gasteiger partial charge in [-0.3, -0.25) is 9.59 Å². The number of esters is 1. The maximum Gasteiger partial charge on any atom is 0.324 e. The number of carbonyl (C=O) groups is 2. The minimum Gasteiger partial charge on any atom is -0.480 e. The summed E-state index contributed by atoms with van der Waals surface area (Å²) >= 11 is 0. The van der Waals surface area contributed by atoms with Crippen molar-refractivity contribution in [1.29, 1.82) is 0 Å². The zero-order valence-electron chi connectivity index (χ0n) is 13.7. The number of halogens is 2. The SMILES string of the molecule is CCOC(=O)C(Cc1ccccc1F)(Cc1ccccc1F)C(=O)O. The van der Waals surface area contributed by atoms with Gasteiger partial charge in [-0.15, -0.1) is 0 Å². The number of benzene rings is 2. The van der Waals surface area contributed by atoms with E-state index in [0.717, 1.165) is 0 Å². The molecule has 0 atom stereocenters. The Morgan fingerprint density at radius 1 is 0.960 bits per heavy atom. The zero-order chi connectivity index (χ0) is 18.4. The summed E-state index contributed by atoms with van der Waals surface area (Å²) in [4.78, 5) is 24.5. The number of carbonyl (C=O) groups excluding carboxylic acids is 1. The van der Waals surface area contributed by atoms with E-state index in [9.17, 15) is 23.5 Å². The molecule has 0 aliphatic rings. The lowest BCUT2D eigenvalue weighted by Gasteiger charge is -2.27. The normalized spacial score (nSPS) is 11.2. The predicted molar refractivity (Wildman–Crippen MR) is 86.9 cm³/mol. The van der Waals surface area contributed by atoms with E-state index in [4.69, 9.17) is 4.74 Å². The molecule has 0 heterocycles. The van der Waals surface area contributed by atoms with Crippen LogP contribution in [0.5, 0.6) is 0 Å². The molecule has 0 aliphatic carbocycles. The first-order chi connectivity index (χ1) is 11.9. The fourth-order valence-electron chi connectivity index (χ4n) is 2.65. The molecule has 0 aliphatic heterocycles. The van der Waals surface area contributed by atoms with E-state index in [-0.39, 0.29) is 17.7 Å². The van der Waals surface area contributed by atoms with Crippen LogP contribution in [-0.4, -0.2) is 23.7 Å². The van der Waals surface area contributed by atoms with Crippen LogP contribution in [0.3, 0.4) is 0 Å². The van der Waals surface area contributed by atoms with Crippen LogP contribution in [0.25, 0.3) is 0 Å². The minimum absolute atomic E-state index is 0.0393. The minimum atomic E-state index is -2.12. The Morgan fingerprint density at radius 2 is 1.40 bits per heavy atom. The van der Waals surface area contributed by atoms with Crippen LogP contribution in [0.1, 0.15) is 18.1 Å². The first-order valence-electron chi connectivity index (χ1n) is 7.78. The summed E-state index contributed by atoms with van der Waals surface area (Å²) in [7, 11) is 0. The molecular weight excluding hydrogens is 330 g/mol. The van der Waals surface area contributed by atoms with Crippen LogP contribution < -0.4 is 0 Å². The van der Waals surface area contributed by atoms with E-state index in [2.05, 4.69) is 0 Å². The van der Waals surface area contributed by atoms with Gasteiger partial charge in [0.05, 0.1) is 6.61 Å². The average molecular weight is 348 g/mol. The second-order valence-corrected chi connectivity index (χ2v) is 5.64. The van der Waals surface area contributed by atoms with E-state index in [1.807, 2.05) is 0 Å². The first-order valence-corrected chi connectivity index (χ1v) is 7.78. The molecule has 2 aromatic carbocycles. The monoisotopic (exact) mass is 348 g/mol. The molecular formula is C19H18F2O4. The molecule has 6 heteroatoms. The molecule has 132 valence electrons. The van der Waals surface area contributed by atoms with E-state index in [1.165, 1.54) is 43.3 Å². The maximum absolute atomic E-state index is 14.0. The molecule has 1 N–H and O–H groups in total. The Hall–Kier alpha value is -2.76. The second-order valence-electron chi connectivity index (χ2n) is 5.64. The third-order valence-corrected chi connectivity index (χ3v) is 3.98. The van der Waals surface area contributed by atoms with E-state index in [0.29, 0.717) is 0 Å². The van der Waals surface area contributed by atoms with Gasteiger partial charge in [-0.2, -0.15) is 0 Å². The van der Waals surface area contributed by atoms with Gasteiger partial charge in [0, 0.05) is 12.8 Å². The molecule has 4 nitrogen and oxygen atoms in total. The lowest BCUT2D eigenvalue weighted by Crippen LogP contribution is -2.45. The highest BCUT2D eigenvalue weighted by Crippen LogP contribution is 2.32. The number of ether oxygens (including phenoxy) is 1. The number of carboxylic acids is 1. The quantitative estimate of drug-likeness (QED) is 0.615. The molecule has 0 fully saturated rings. The van der Waals surface area contributed by atoms with Crippen molar-refractivity contribution in [3.63, 3.8) is 0 Å². The van der Waals surface area contributed by atoms with Gasteiger partial charge in [-0.05, 0) is 30.2 Å². The van der Waals surface area contributed by atoms with Crippen molar-refractivity contribution in [3.8, 4) is 0 Å². The van der Waals surface area contributed by atoms with Gasteiger partial charge in [0.1, 0.15) is 11.6 Å². The molecule has 0 saturated heterocycles.